The summed E-state index contributed by atoms with van der Waals surface area (Å²) in [5.74, 6) is 0.0845. The van der Waals surface area contributed by atoms with Crippen molar-refractivity contribution in [3.8, 4) is 11.5 Å². The number of nitrogens with one attached hydrogen (secondary N) is 1. The molecule has 4 nitrogen and oxygen atoms in total. The van der Waals surface area contributed by atoms with Crippen LogP contribution < -0.4 is 15.5 Å². The Labute approximate surface area is 139 Å². The topological polar surface area (TPSA) is 51.2 Å². The van der Waals surface area contributed by atoms with Crippen LogP contribution in [0.1, 0.15) is 10.4 Å². The predicted molar refractivity (Wildman–Crippen MR) is 93.3 cm³/mol. The summed E-state index contributed by atoms with van der Waals surface area (Å²) in [6.45, 7) is 0. The summed E-state index contributed by atoms with van der Waals surface area (Å²) >= 11 is 0. The molecule has 1 aromatic heterocycles. The van der Waals surface area contributed by atoms with Gasteiger partial charge in [-0.25, -0.2) is 4.39 Å². The number of ether oxygens (including phenoxy) is 1. The fourth-order valence-corrected chi connectivity index (χ4v) is 2.21. The monoisotopic (exact) mass is 320 g/mol. The van der Waals surface area contributed by atoms with E-state index in [9.17, 15) is 9.18 Å². The van der Waals surface area contributed by atoms with Crippen molar-refractivity contribution in [2.75, 3.05) is 5.32 Å². The Bertz CT molecular complexity index is 886. The molecular formula is C18H14BFN2O2. The molecule has 0 unspecified atom stereocenters. The fourth-order valence-electron chi connectivity index (χ4n) is 2.21. The van der Waals surface area contributed by atoms with E-state index in [1.165, 1.54) is 12.3 Å². The van der Waals surface area contributed by atoms with E-state index in [0.717, 1.165) is 11.7 Å². The van der Waals surface area contributed by atoms with E-state index in [2.05, 4.69) is 10.3 Å². The molecule has 1 amide bonds. The summed E-state index contributed by atoms with van der Waals surface area (Å²) in [5.41, 5.74) is 2.18. The predicted octanol–water partition coefficient (Wildman–Crippen LogP) is 2.52. The second-order valence-corrected chi connectivity index (χ2v) is 5.29. The van der Waals surface area contributed by atoms with Gasteiger partial charge in [-0.1, -0.05) is 29.7 Å². The van der Waals surface area contributed by atoms with Gasteiger partial charge >= 0.3 is 0 Å². The summed E-state index contributed by atoms with van der Waals surface area (Å²) in [6.07, 6.45) is 2.52. The smallest absolute Gasteiger partial charge is 0.255 e. The third kappa shape index (κ3) is 3.98. The van der Waals surface area contributed by atoms with Gasteiger partial charge in [0.15, 0.2) is 0 Å². The molecule has 6 heteroatoms. The average Bonchev–Trinajstić information content (AvgIpc) is 2.55. The van der Waals surface area contributed by atoms with Gasteiger partial charge in [0.2, 0.25) is 0 Å². The number of aromatic nitrogens is 1. The molecular weight excluding hydrogens is 306 g/mol. The number of rotatable bonds is 4. The first kappa shape index (κ1) is 15.7. The van der Waals surface area contributed by atoms with Gasteiger partial charge in [0.25, 0.3) is 5.91 Å². The Morgan fingerprint density at radius 3 is 2.67 bits per heavy atom. The number of carbonyl (C=O) groups excluding carboxylic acids is 1. The molecule has 0 aliphatic rings. The van der Waals surface area contributed by atoms with Crippen molar-refractivity contribution in [2.45, 2.75) is 0 Å². The summed E-state index contributed by atoms with van der Waals surface area (Å²) in [5, 5.41) is 2.81. The number of carbonyl (C=O) groups is 1. The quantitative estimate of drug-likeness (QED) is 0.752. The van der Waals surface area contributed by atoms with Crippen molar-refractivity contribution in [1.82, 2.24) is 4.98 Å². The minimum Gasteiger partial charge on any atom is -0.456 e. The van der Waals surface area contributed by atoms with E-state index in [1.807, 2.05) is 26.0 Å². The van der Waals surface area contributed by atoms with E-state index in [1.54, 1.807) is 30.3 Å². The van der Waals surface area contributed by atoms with Crippen LogP contribution >= 0.6 is 0 Å². The molecule has 0 fully saturated rings. The highest BCUT2D eigenvalue weighted by Gasteiger charge is 2.07. The van der Waals surface area contributed by atoms with Crippen LogP contribution in [0.25, 0.3) is 0 Å². The van der Waals surface area contributed by atoms with Gasteiger partial charge in [-0.3, -0.25) is 9.78 Å². The molecule has 3 rings (SSSR count). The van der Waals surface area contributed by atoms with Crippen molar-refractivity contribution in [1.29, 1.82) is 0 Å². The van der Waals surface area contributed by atoms with Crippen LogP contribution in [0.2, 0.25) is 0 Å². The fraction of sp³-hybridized carbons (Fsp3) is 0. The first-order chi connectivity index (χ1) is 11.6. The lowest BCUT2D eigenvalue weighted by atomic mass is 9.94. The lowest BCUT2D eigenvalue weighted by molar-refractivity contribution is 0.102. The highest BCUT2D eigenvalue weighted by molar-refractivity contribution is 6.32. The molecule has 0 bridgehead atoms. The first-order valence-corrected chi connectivity index (χ1v) is 7.37. The van der Waals surface area contributed by atoms with Crippen molar-refractivity contribution in [3.05, 3.63) is 78.4 Å². The Kier molecular flexibility index (Phi) is 4.56. The van der Waals surface area contributed by atoms with Crippen LogP contribution in [0.3, 0.4) is 0 Å². The molecule has 0 spiro atoms. The zero-order chi connectivity index (χ0) is 16.9. The van der Waals surface area contributed by atoms with E-state index >= 15 is 0 Å². The summed E-state index contributed by atoms with van der Waals surface area (Å²) in [7, 11) is 1.93. The molecule has 0 aliphatic carbocycles. The van der Waals surface area contributed by atoms with Gasteiger partial charge < -0.3 is 10.1 Å². The molecule has 24 heavy (non-hydrogen) atoms. The Morgan fingerprint density at radius 1 is 1.04 bits per heavy atom. The van der Waals surface area contributed by atoms with Gasteiger partial charge in [0.1, 0.15) is 25.2 Å². The lowest BCUT2D eigenvalue weighted by Gasteiger charge is -2.09. The maximum absolute atomic E-state index is 13.1. The highest BCUT2D eigenvalue weighted by atomic mass is 19.1. The molecule has 1 heterocycles. The standard InChI is InChI=1S/C18H14BFN2O2/c19-13-4-1-3-12(7-13)18(23)22-15-5-2-6-16(9-15)24-17-8-14(20)10-21-11-17/h1-11H,19H2,(H,22,23). The Balaban J connectivity index is 1.74. The number of benzene rings is 2. The van der Waals surface area contributed by atoms with Crippen LogP contribution in [-0.2, 0) is 0 Å². The SMILES string of the molecule is Bc1cccc(C(=O)Nc2cccc(Oc3cncc(F)c3)c2)c1. The molecule has 0 radical (unpaired) electrons. The molecule has 2 aromatic carbocycles. The summed E-state index contributed by atoms with van der Waals surface area (Å²) in [6, 6.07) is 15.4. The zero-order valence-electron chi connectivity index (χ0n) is 13.0. The second-order valence-electron chi connectivity index (χ2n) is 5.29. The Hall–Kier alpha value is -3.15. The van der Waals surface area contributed by atoms with E-state index in [4.69, 9.17) is 4.74 Å². The van der Waals surface area contributed by atoms with Crippen LogP contribution in [0.15, 0.2) is 67.0 Å². The van der Waals surface area contributed by atoms with E-state index < -0.39 is 5.82 Å². The number of hydrogen-bond acceptors (Lipinski definition) is 3. The van der Waals surface area contributed by atoms with Crippen LogP contribution in [0.4, 0.5) is 10.1 Å². The molecule has 0 saturated heterocycles. The van der Waals surface area contributed by atoms with E-state index in [0.29, 0.717) is 17.0 Å². The summed E-state index contributed by atoms with van der Waals surface area (Å²) < 4.78 is 18.7. The molecule has 0 atom stereocenters. The molecule has 118 valence electrons. The highest BCUT2D eigenvalue weighted by Crippen LogP contribution is 2.24. The van der Waals surface area contributed by atoms with E-state index in [-0.39, 0.29) is 11.7 Å². The normalized spacial score (nSPS) is 10.2. The molecule has 0 aliphatic heterocycles. The first-order valence-electron chi connectivity index (χ1n) is 7.37. The van der Waals surface area contributed by atoms with Crippen LogP contribution in [-0.4, -0.2) is 18.7 Å². The third-order valence-electron chi connectivity index (χ3n) is 3.29. The van der Waals surface area contributed by atoms with Gasteiger partial charge in [-0.15, -0.1) is 0 Å². The minimum atomic E-state index is -0.476. The number of nitrogens with zero attached hydrogens (tertiary/aromatic N) is 1. The number of anilines is 1. The van der Waals surface area contributed by atoms with Crippen molar-refractivity contribution < 1.29 is 13.9 Å². The van der Waals surface area contributed by atoms with Crippen LogP contribution in [0, 0.1) is 5.82 Å². The number of pyridine rings is 1. The maximum Gasteiger partial charge on any atom is 0.255 e. The van der Waals surface area contributed by atoms with Gasteiger partial charge in [0, 0.05) is 23.4 Å². The van der Waals surface area contributed by atoms with Crippen molar-refractivity contribution >= 4 is 24.9 Å². The number of halogens is 1. The van der Waals surface area contributed by atoms with Crippen molar-refractivity contribution in [3.63, 3.8) is 0 Å². The summed E-state index contributed by atoms with van der Waals surface area (Å²) in [4.78, 5) is 16.0. The van der Waals surface area contributed by atoms with Gasteiger partial charge in [-0.2, -0.15) is 0 Å². The van der Waals surface area contributed by atoms with Gasteiger partial charge in [-0.05, 0) is 18.2 Å². The minimum absolute atomic E-state index is 0.205. The zero-order valence-corrected chi connectivity index (χ0v) is 13.0. The average molecular weight is 320 g/mol. The third-order valence-corrected chi connectivity index (χ3v) is 3.29. The van der Waals surface area contributed by atoms with Crippen LogP contribution in [0.5, 0.6) is 11.5 Å². The molecule has 1 N–H and O–H groups in total. The van der Waals surface area contributed by atoms with Gasteiger partial charge in [0.05, 0.1) is 12.4 Å². The lowest BCUT2D eigenvalue weighted by Crippen LogP contribution is -2.14. The number of amides is 1. The molecule has 0 saturated carbocycles. The largest absolute Gasteiger partial charge is 0.456 e. The Morgan fingerprint density at radius 2 is 1.88 bits per heavy atom. The second kappa shape index (κ2) is 6.96. The molecule has 3 aromatic rings. The maximum atomic E-state index is 13.1. The van der Waals surface area contributed by atoms with Crippen molar-refractivity contribution in [2.24, 2.45) is 0 Å². The number of hydrogen-bond donors (Lipinski definition) is 1.